The van der Waals surface area contributed by atoms with E-state index in [1.54, 1.807) is 12.1 Å². The van der Waals surface area contributed by atoms with Gasteiger partial charge in [0.15, 0.2) is 11.6 Å². The summed E-state index contributed by atoms with van der Waals surface area (Å²) in [5, 5.41) is 0. The molecule has 1 nitrogen and oxygen atoms in total. The quantitative estimate of drug-likeness (QED) is 0.647. The highest BCUT2D eigenvalue weighted by molar-refractivity contribution is 5.32. The molecule has 0 saturated carbocycles. The lowest BCUT2D eigenvalue weighted by molar-refractivity contribution is 0.441. The van der Waals surface area contributed by atoms with E-state index in [9.17, 15) is 4.39 Å². The zero-order chi connectivity index (χ0) is 9.84. The summed E-state index contributed by atoms with van der Waals surface area (Å²) in [4.78, 5) is 0. The molecule has 13 heavy (non-hydrogen) atoms. The van der Waals surface area contributed by atoms with E-state index >= 15 is 0 Å². The van der Waals surface area contributed by atoms with Crippen LogP contribution in [0.1, 0.15) is 25.3 Å². The van der Waals surface area contributed by atoms with Gasteiger partial charge in [0.05, 0.1) is 6.26 Å². The molecule has 2 heteroatoms. The Morgan fingerprint density at radius 1 is 1.46 bits per heavy atom. The molecule has 0 spiro atoms. The predicted octanol–water partition coefficient (Wildman–Crippen LogP) is 3.47. The van der Waals surface area contributed by atoms with Crippen molar-refractivity contribution in [2.24, 2.45) is 0 Å². The Hall–Kier alpha value is -1.31. The molecule has 0 aliphatic heterocycles. The second kappa shape index (κ2) is 4.08. The molecule has 1 rings (SSSR count). The number of benzene rings is 1. The van der Waals surface area contributed by atoms with Crippen molar-refractivity contribution in [2.75, 3.05) is 0 Å². The maximum absolute atomic E-state index is 13.0. The standard InChI is InChI=1S/C11H13FO/c1-4-13-11-7-9(8(2)3)5-6-10(11)12/h4-8H,1H2,2-3H3. The first-order valence-corrected chi connectivity index (χ1v) is 4.22. The van der Waals surface area contributed by atoms with Gasteiger partial charge >= 0.3 is 0 Å². The average molecular weight is 180 g/mol. The van der Waals surface area contributed by atoms with Crippen LogP contribution in [-0.4, -0.2) is 0 Å². The third-order valence-corrected chi connectivity index (χ3v) is 1.83. The minimum atomic E-state index is -0.357. The van der Waals surface area contributed by atoms with E-state index in [4.69, 9.17) is 4.74 Å². The topological polar surface area (TPSA) is 9.23 Å². The first-order valence-electron chi connectivity index (χ1n) is 4.22. The highest BCUT2D eigenvalue weighted by atomic mass is 19.1. The summed E-state index contributed by atoms with van der Waals surface area (Å²) in [6, 6.07) is 4.87. The normalized spacial score (nSPS) is 10.2. The molecule has 0 bridgehead atoms. The molecule has 0 saturated heterocycles. The van der Waals surface area contributed by atoms with Gasteiger partial charge < -0.3 is 4.74 Å². The van der Waals surface area contributed by atoms with Crippen LogP contribution in [0.2, 0.25) is 0 Å². The summed E-state index contributed by atoms with van der Waals surface area (Å²) in [7, 11) is 0. The van der Waals surface area contributed by atoms with Crippen LogP contribution in [0.15, 0.2) is 31.0 Å². The predicted molar refractivity (Wildman–Crippen MR) is 51.3 cm³/mol. The van der Waals surface area contributed by atoms with Crippen LogP contribution in [0.25, 0.3) is 0 Å². The molecule has 0 atom stereocenters. The summed E-state index contributed by atoms with van der Waals surface area (Å²) >= 11 is 0. The van der Waals surface area contributed by atoms with Crippen molar-refractivity contribution in [1.82, 2.24) is 0 Å². The second-order valence-electron chi connectivity index (χ2n) is 3.13. The third-order valence-electron chi connectivity index (χ3n) is 1.83. The number of ether oxygens (including phenoxy) is 1. The molecule has 70 valence electrons. The van der Waals surface area contributed by atoms with E-state index in [0.717, 1.165) is 5.56 Å². The Bertz CT molecular complexity index is 305. The van der Waals surface area contributed by atoms with Gasteiger partial charge in [-0.1, -0.05) is 26.5 Å². The molecule has 0 radical (unpaired) electrons. The Morgan fingerprint density at radius 3 is 2.69 bits per heavy atom. The lowest BCUT2D eigenvalue weighted by Gasteiger charge is -2.07. The van der Waals surface area contributed by atoms with Crippen LogP contribution >= 0.6 is 0 Å². The molecular weight excluding hydrogens is 167 g/mol. The fourth-order valence-corrected chi connectivity index (χ4v) is 1.06. The molecule has 1 aromatic carbocycles. The maximum Gasteiger partial charge on any atom is 0.165 e. The fourth-order valence-electron chi connectivity index (χ4n) is 1.06. The van der Waals surface area contributed by atoms with Crippen LogP contribution < -0.4 is 4.74 Å². The Balaban J connectivity index is 3.03. The van der Waals surface area contributed by atoms with Gasteiger partial charge in [-0.25, -0.2) is 4.39 Å². The minimum Gasteiger partial charge on any atom is -0.463 e. The highest BCUT2D eigenvalue weighted by Gasteiger charge is 2.05. The van der Waals surface area contributed by atoms with Gasteiger partial charge in [0.25, 0.3) is 0 Å². The Labute approximate surface area is 77.8 Å². The van der Waals surface area contributed by atoms with Gasteiger partial charge in [-0.05, 0) is 23.6 Å². The lowest BCUT2D eigenvalue weighted by atomic mass is 10.0. The van der Waals surface area contributed by atoms with Crippen molar-refractivity contribution >= 4 is 0 Å². The van der Waals surface area contributed by atoms with Crippen LogP contribution in [0.5, 0.6) is 5.75 Å². The van der Waals surface area contributed by atoms with Crippen LogP contribution in [0, 0.1) is 5.82 Å². The van der Waals surface area contributed by atoms with Crippen molar-refractivity contribution in [1.29, 1.82) is 0 Å². The number of hydrogen-bond acceptors (Lipinski definition) is 1. The Morgan fingerprint density at radius 2 is 2.15 bits per heavy atom. The molecule has 0 aliphatic rings. The van der Waals surface area contributed by atoms with Crippen molar-refractivity contribution in [3.63, 3.8) is 0 Å². The summed E-state index contributed by atoms with van der Waals surface area (Å²) in [5.74, 6) is 0.248. The lowest BCUT2D eigenvalue weighted by Crippen LogP contribution is -1.91. The molecule has 0 fully saturated rings. The van der Waals surface area contributed by atoms with Gasteiger partial charge in [-0.15, -0.1) is 0 Å². The van der Waals surface area contributed by atoms with Crippen molar-refractivity contribution in [2.45, 2.75) is 19.8 Å². The summed E-state index contributed by atoms with van der Waals surface area (Å²) in [6.07, 6.45) is 1.22. The third kappa shape index (κ3) is 2.31. The van der Waals surface area contributed by atoms with E-state index in [2.05, 4.69) is 6.58 Å². The molecule has 0 heterocycles. The van der Waals surface area contributed by atoms with Crippen LogP contribution in [0.4, 0.5) is 4.39 Å². The molecular formula is C11H13FO. The maximum atomic E-state index is 13.0. The summed E-state index contributed by atoms with van der Waals surface area (Å²) in [6.45, 7) is 7.48. The first-order chi connectivity index (χ1) is 6.15. The number of rotatable bonds is 3. The van der Waals surface area contributed by atoms with E-state index in [0.29, 0.717) is 5.92 Å². The van der Waals surface area contributed by atoms with Crippen molar-refractivity contribution in [3.05, 3.63) is 42.4 Å². The van der Waals surface area contributed by atoms with E-state index in [1.165, 1.54) is 12.3 Å². The average Bonchev–Trinajstić information content (AvgIpc) is 2.08. The second-order valence-corrected chi connectivity index (χ2v) is 3.13. The zero-order valence-electron chi connectivity index (χ0n) is 7.88. The van der Waals surface area contributed by atoms with Gasteiger partial charge in [0.2, 0.25) is 0 Å². The molecule has 0 unspecified atom stereocenters. The van der Waals surface area contributed by atoms with Gasteiger partial charge in [0, 0.05) is 0 Å². The van der Waals surface area contributed by atoms with Gasteiger partial charge in [-0.2, -0.15) is 0 Å². The van der Waals surface area contributed by atoms with Crippen molar-refractivity contribution in [3.8, 4) is 5.75 Å². The molecule has 0 amide bonds. The SMILES string of the molecule is C=COc1cc(C(C)C)ccc1F. The fraction of sp³-hybridized carbons (Fsp3) is 0.273. The molecule has 0 aromatic heterocycles. The smallest absolute Gasteiger partial charge is 0.165 e. The van der Waals surface area contributed by atoms with E-state index in [-0.39, 0.29) is 11.6 Å². The van der Waals surface area contributed by atoms with Crippen LogP contribution in [0.3, 0.4) is 0 Å². The molecule has 0 aliphatic carbocycles. The largest absolute Gasteiger partial charge is 0.463 e. The number of hydrogen-bond donors (Lipinski definition) is 0. The van der Waals surface area contributed by atoms with Gasteiger partial charge in [-0.3, -0.25) is 0 Å². The monoisotopic (exact) mass is 180 g/mol. The highest BCUT2D eigenvalue weighted by Crippen LogP contribution is 2.23. The summed E-state index contributed by atoms with van der Waals surface area (Å²) < 4.78 is 18.0. The van der Waals surface area contributed by atoms with Crippen molar-refractivity contribution < 1.29 is 9.13 Å². The minimum absolute atomic E-state index is 0.237. The number of halogens is 1. The summed E-state index contributed by atoms with van der Waals surface area (Å²) in [5.41, 5.74) is 1.05. The molecule has 0 N–H and O–H groups in total. The van der Waals surface area contributed by atoms with Gasteiger partial charge in [0.1, 0.15) is 0 Å². The molecule has 1 aromatic rings. The van der Waals surface area contributed by atoms with E-state index in [1.807, 2.05) is 13.8 Å². The Kier molecular flexibility index (Phi) is 3.07. The van der Waals surface area contributed by atoms with E-state index < -0.39 is 0 Å². The zero-order valence-corrected chi connectivity index (χ0v) is 7.88. The first kappa shape index (κ1) is 9.78. The van der Waals surface area contributed by atoms with Crippen LogP contribution in [-0.2, 0) is 0 Å².